The van der Waals surface area contributed by atoms with E-state index in [-0.39, 0.29) is 45.7 Å². The van der Waals surface area contributed by atoms with Crippen molar-refractivity contribution in [3.05, 3.63) is 23.7 Å². The van der Waals surface area contributed by atoms with E-state index in [4.69, 9.17) is 38.0 Å². The van der Waals surface area contributed by atoms with Crippen molar-refractivity contribution in [1.29, 1.82) is 0 Å². The molecule has 1 amide bonds. The Balaban J connectivity index is 2.17. The quantitative estimate of drug-likeness (QED) is 0.305. The van der Waals surface area contributed by atoms with E-state index in [2.05, 4.69) is 4.99 Å². The zero-order valence-corrected chi connectivity index (χ0v) is 19.3. The third kappa shape index (κ3) is 6.06. The van der Waals surface area contributed by atoms with Crippen molar-refractivity contribution in [2.24, 2.45) is 4.99 Å². The van der Waals surface area contributed by atoms with Crippen LogP contribution in [0.2, 0.25) is 0 Å². The summed E-state index contributed by atoms with van der Waals surface area (Å²) in [5, 5.41) is 0.926. The Morgan fingerprint density at radius 1 is 0.886 bits per heavy atom. The van der Waals surface area contributed by atoms with Crippen molar-refractivity contribution in [2.45, 2.75) is 12.5 Å². The second-order valence-electron chi connectivity index (χ2n) is 6.83. The highest BCUT2D eigenvalue weighted by Crippen LogP contribution is 2.25. The van der Waals surface area contributed by atoms with Crippen molar-refractivity contribution in [2.75, 3.05) is 61.0 Å². The lowest BCUT2D eigenvalue weighted by atomic mass is 10.2. The van der Waals surface area contributed by atoms with Crippen LogP contribution in [0.15, 0.2) is 28.7 Å². The smallest absolute Gasteiger partial charge is 0.373 e. The number of carbonyl (C=O) groups excluding carboxylic acids is 4. The molecule has 35 heavy (non-hydrogen) atoms. The van der Waals surface area contributed by atoms with E-state index in [9.17, 15) is 19.2 Å². The molecule has 15 nitrogen and oxygen atoms in total. The van der Waals surface area contributed by atoms with Gasteiger partial charge in [0.15, 0.2) is 0 Å². The third-order valence-corrected chi connectivity index (χ3v) is 4.66. The Hall–Kier alpha value is -3.69. The summed E-state index contributed by atoms with van der Waals surface area (Å²) in [5.74, 6) is -4.44. The summed E-state index contributed by atoms with van der Waals surface area (Å²) in [5.41, 5.74) is 0. The Morgan fingerprint density at radius 3 is 2.17 bits per heavy atom. The van der Waals surface area contributed by atoms with Crippen molar-refractivity contribution in [3.8, 4) is 0 Å². The number of ether oxygens (including phenoxy) is 7. The average Bonchev–Trinajstić information content (AvgIpc) is 2.87. The number of amidine groups is 1. The molecule has 0 aliphatic carbocycles. The molecule has 3 aliphatic rings. The summed E-state index contributed by atoms with van der Waals surface area (Å²) in [4.78, 5) is 62.1. The number of methoxy groups -OCH3 is 3. The number of hydrogen-bond donors (Lipinski definition) is 0. The van der Waals surface area contributed by atoms with Crippen molar-refractivity contribution in [3.63, 3.8) is 0 Å². The molecule has 3 heterocycles. The first-order valence-corrected chi connectivity index (χ1v) is 10.4. The molecule has 4 bridgehead atoms. The number of aliphatic imine (C=N–C) groups is 1. The number of hydrogen-bond acceptors (Lipinski definition) is 14. The van der Waals surface area contributed by atoms with Gasteiger partial charge < -0.3 is 33.2 Å². The minimum Gasteiger partial charge on any atom is -0.490 e. The van der Waals surface area contributed by atoms with Gasteiger partial charge in [-0.2, -0.15) is 10.1 Å². The van der Waals surface area contributed by atoms with Crippen molar-refractivity contribution in [1.82, 2.24) is 9.96 Å². The number of carbonyl (C=O) groups is 4. The topological polar surface area (TPSA) is 161 Å². The minimum atomic E-state index is -1.60. The first-order valence-electron chi connectivity index (χ1n) is 10.4. The average molecular weight is 499 g/mol. The largest absolute Gasteiger partial charge is 0.490 e. The summed E-state index contributed by atoms with van der Waals surface area (Å²) in [6, 6.07) is -0.235. The van der Waals surface area contributed by atoms with E-state index >= 15 is 0 Å². The number of amides is 1. The number of esters is 2. The Kier molecular flexibility index (Phi) is 8.99. The molecular formula is C20H25N3O12. The van der Waals surface area contributed by atoms with Crippen LogP contribution in [0.5, 0.6) is 0 Å². The highest BCUT2D eigenvalue weighted by atomic mass is 16.7. The molecule has 0 N–H and O–H groups in total. The zero-order chi connectivity index (χ0) is 25.4. The number of hydroxylamine groups is 2. The molecule has 192 valence electrons. The van der Waals surface area contributed by atoms with Crippen LogP contribution in [0.25, 0.3) is 0 Å². The molecule has 3 aliphatic heterocycles. The Morgan fingerprint density at radius 2 is 1.51 bits per heavy atom. The Bertz CT molecular complexity index is 930. The van der Waals surface area contributed by atoms with Gasteiger partial charge in [-0.15, -0.1) is 0 Å². The second kappa shape index (κ2) is 12.1. The predicted molar refractivity (Wildman–Crippen MR) is 111 cm³/mol. The van der Waals surface area contributed by atoms with Gasteiger partial charge in [-0.25, -0.2) is 9.59 Å². The molecule has 0 fully saturated rings. The summed E-state index contributed by atoms with van der Waals surface area (Å²) in [6.45, 7) is -0.766. The molecule has 0 spiro atoms. The predicted octanol–water partition coefficient (Wildman–Crippen LogP) is -1.55. The van der Waals surface area contributed by atoms with Crippen LogP contribution in [0.4, 0.5) is 0 Å². The van der Waals surface area contributed by atoms with Crippen LogP contribution in [-0.2, 0) is 57.2 Å². The molecule has 0 saturated heterocycles. The number of nitrogens with zero attached hydrogens (tertiary/aromatic N) is 3. The van der Waals surface area contributed by atoms with Gasteiger partial charge >= 0.3 is 18.0 Å². The van der Waals surface area contributed by atoms with Crippen LogP contribution in [-0.4, -0.2) is 113 Å². The third-order valence-electron chi connectivity index (χ3n) is 4.66. The molecule has 0 aromatic heterocycles. The summed E-state index contributed by atoms with van der Waals surface area (Å²) >= 11 is 0. The summed E-state index contributed by atoms with van der Waals surface area (Å²) in [6.07, 6.45) is -1.33. The normalized spacial score (nSPS) is 26.9. The maximum Gasteiger partial charge on any atom is 0.373 e. The van der Waals surface area contributed by atoms with Gasteiger partial charge in [-0.1, -0.05) is 0 Å². The molecule has 2 atom stereocenters. The number of ketones is 1. The van der Waals surface area contributed by atoms with E-state index in [0.29, 0.717) is 0 Å². The molecule has 15 heteroatoms. The van der Waals surface area contributed by atoms with Crippen LogP contribution >= 0.6 is 0 Å². The van der Waals surface area contributed by atoms with Gasteiger partial charge in [0.1, 0.15) is 26.4 Å². The lowest BCUT2D eigenvalue weighted by Gasteiger charge is -2.43. The second-order valence-corrected chi connectivity index (χ2v) is 6.83. The van der Waals surface area contributed by atoms with Crippen molar-refractivity contribution >= 4 is 29.7 Å². The fourth-order valence-electron chi connectivity index (χ4n) is 3.09. The van der Waals surface area contributed by atoms with Gasteiger partial charge in [-0.3, -0.25) is 19.3 Å². The molecule has 0 saturated carbocycles. The van der Waals surface area contributed by atoms with E-state index in [1.54, 1.807) is 0 Å². The van der Waals surface area contributed by atoms with Crippen molar-refractivity contribution < 1.29 is 57.2 Å². The highest BCUT2D eigenvalue weighted by molar-refractivity contribution is 6.05. The number of cyclic esters (lactones) is 2. The molecular weight excluding hydrogens is 474 g/mol. The van der Waals surface area contributed by atoms with E-state index in [0.717, 1.165) is 22.1 Å². The Labute approximate surface area is 199 Å². The van der Waals surface area contributed by atoms with E-state index in [1.807, 2.05) is 0 Å². The van der Waals surface area contributed by atoms with Gasteiger partial charge in [0.25, 0.3) is 5.91 Å². The van der Waals surface area contributed by atoms with Crippen LogP contribution < -0.4 is 0 Å². The van der Waals surface area contributed by atoms with Gasteiger partial charge in [0.2, 0.25) is 29.8 Å². The monoisotopic (exact) mass is 499 g/mol. The van der Waals surface area contributed by atoms with E-state index < -0.39 is 47.7 Å². The standard InChI is InChI=1S/C20H25N3O12/c1-28-4-5-33-19-21-20-23-16(12(24)10-13(29-2)17(26)31-6-7-34-20)22(19)15(25)11-14(30-3)18(27)32-8-9-35-23/h10-11,16,19H,4-9H2,1-3H3/b13-10+,14-11+. The van der Waals surface area contributed by atoms with Crippen LogP contribution in [0, 0.1) is 0 Å². The maximum atomic E-state index is 13.4. The lowest BCUT2D eigenvalue weighted by molar-refractivity contribution is -0.221. The maximum absolute atomic E-state index is 13.4. The fraction of sp³-hybridized carbons (Fsp3) is 0.550. The summed E-state index contributed by atoms with van der Waals surface area (Å²) in [7, 11) is 3.80. The fourth-order valence-corrected chi connectivity index (χ4v) is 3.09. The van der Waals surface area contributed by atoms with Gasteiger partial charge in [0, 0.05) is 13.2 Å². The highest BCUT2D eigenvalue weighted by Gasteiger charge is 2.47. The summed E-state index contributed by atoms with van der Waals surface area (Å²) < 4.78 is 36.3. The molecule has 0 aromatic rings. The first kappa shape index (κ1) is 25.9. The van der Waals surface area contributed by atoms with Gasteiger partial charge in [-0.05, 0) is 0 Å². The van der Waals surface area contributed by atoms with Gasteiger partial charge in [0.05, 0.1) is 33.5 Å². The molecule has 3 rings (SSSR count). The first-order chi connectivity index (χ1) is 16.9. The van der Waals surface area contributed by atoms with Crippen LogP contribution in [0.3, 0.4) is 0 Å². The zero-order valence-electron chi connectivity index (χ0n) is 19.3. The number of rotatable bonds is 6. The van der Waals surface area contributed by atoms with Crippen LogP contribution in [0.1, 0.15) is 0 Å². The minimum absolute atomic E-state index is 0.0207. The molecule has 2 unspecified atom stereocenters. The lowest BCUT2D eigenvalue weighted by Crippen LogP contribution is -2.64. The SMILES string of the molecule is COCCOC1N=C2OCCOC(=O)/C(OC)=C\C(=O)C3N2OCCOC(=O)/C(OC)=C\C(=O)N13. The molecule has 0 aromatic carbocycles. The van der Waals surface area contributed by atoms with E-state index in [1.165, 1.54) is 21.3 Å². The molecule has 0 radical (unpaired) electrons.